The first-order valence-electron chi connectivity index (χ1n) is 7.30. The summed E-state index contributed by atoms with van der Waals surface area (Å²) >= 11 is 0. The fraction of sp³-hybridized carbons (Fsp3) is 0.389. The quantitative estimate of drug-likeness (QED) is 0.610. The molecule has 0 N–H and O–H groups in total. The molecular weight excluding hydrogens is 294 g/mol. The molecule has 1 aromatic rings. The normalized spacial score (nSPS) is 13.0. The minimum absolute atomic E-state index is 0.130. The maximum Gasteiger partial charge on any atom is 0.247 e. The van der Waals surface area contributed by atoms with Crippen LogP contribution >= 0.6 is 0 Å². The van der Waals surface area contributed by atoms with E-state index in [4.69, 9.17) is 0 Å². The molecule has 0 saturated carbocycles. The second-order valence-electron chi connectivity index (χ2n) is 6.31. The summed E-state index contributed by atoms with van der Waals surface area (Å²) in [5.41, 5.74) is 0.876. The average molecular weight is 319 g/mol. The molecule has 0 aliphatic heterocycles. The zero-order chi connectivity index (χ0) is 16.8. The maximum absolute atomic E-state index is 12.4. The van der Waals surface area contributed by atoms with Gasteiger partial charge >= 0.3 is 0 Å². The van der Waals surface area contributed by atoms with Gasteiger partial charge in [-0.25, -0.2) is 4.21 Å². The summed E-state index contributed by atoms with van der Waals surface area (Å²) in [5, 5.41) is 1.46. The van der Waals surface area contributed by atoms with Crippen molar-refractivity contribution in [3.8, 4) is 0 Å². The lowest BCUT2D eigenvalue weighted by Gasteiger charge is -2.34. The van der Waals surface area contributed by atoms with E-state index in [0.717, 1.165) is 0 Å². The third-order valence-corrected chi connectivity index (χ3v) is 4.19. The molecule has 1 rings (SSSR count). The summed E-state index contributed by atoms with van der Waals surface area (Å²) in [4.78, 5) is 14.9. The van der Waals surface area contributed by atoms with Crippen molar-refractivity contribution >= 4 is 16.7 Å². The van der Waals surface area contributed by atoms with Gasteiger partial charge in [0.15, 0.2) is 0 Å². The highest BCUT2D eigenvalue weighted by Gasteiger charge is 2.23. The number of carbonyl (C=O) groups is 1. The molecule has 0 saturated heterocycles. The average Bonchev–Trinajstić information content (AvgIpc) is 2.44. The number of hydrogen-bond donors (Lipinski definition) is 0. The Kier molecular flexibility index (Phi) is 6.75. The van der Waals surface area contributed by atoms with E-state index in [2.05, 4.69) is 0 Å². The van der Waals surface area contributed by atoms with Crippen molar-refractivity contribution in [2.45, 2.75) is 45.1 Å². The first-order chi connectivity index (χ1) is 10.2. The van der Waals surface area contributed by atoms with Gasteiger partial charge in [0, 0.05) is 28.5 Å². The standard InChI is InChI=1S/C18H25NO2S/c1-15(2)11-13-19(18(3,4)5)17(20)12-14-22(21)16-9-7-6-8-10-16/h6-12,14H,13H2,1-5H3/b14-12-. The summed E-state index contributed by atoms with van der Waals surface area (Å²) in [6.45, 7) is 10.5. The Morgan fingerprint density at radius 2 is 1.77 bits per heavy atom. The minimum Gasteiger partial charge on any atom is -0.331 e. The summed E-state index contributed by atoms with van der Waals surface area (Å²) in [6.07, 6.45) is 3.43. The molecule has 0 bridgehead atoms. The Balaban J connectivity index is 2.85. The second kappa shape index (κ2) is 8.08. The van der Waals surface area contributed by atoms with Gasteiger partial charge in [-0.2, -0.15) is 0 Å². The Hall–Kier alpha value is -1.68. The van der Waals surface area contributed by atoms with Crippen molar-refractivity contribution in [3.05, 3.63) is 53.5 Å². The second-order valence-corrected chi connectivity index (χ2v) is 7.65. The van der Waals surface area contributed by atoms with Crippen LogP contribution in [0.4, 0.5) is 0 Å². The number of allylic oxidation sites excluding steroid dienone is 1. The van der Waals surface area contributed by atoms with E-state index >= 15 is 0 Å². The van der Waals surface area contributed by atoms with Crippen molar-refractivity contribution in [1.29, 1.82) is 0 Å². The Bertz CT molecular complexity index is 579. The highest BCUT2D eigenvalue weighted by atomic mass is 32.2. The molecule has 0 fully saturated rings. The Labute approximate surface area is 136 Å². The van der Waals surface area contributed by atoms with Gasteiger partial charge in [0.05, 0.1) is 10.8 Å². The van der Waals surface area contributed by atoms with Gasteiger partial charge in [-0.15, -0.1) is 0 Å². The van der Waals surface area contributed by atoms with Crippen molar-refractivity contribution in [2.75, 3.05) is 6.54 Å². The van der Waals surface area contributed by atoms with Crippen molar-refractivity contribution in [2.24, 2.45) is 0 Å². The van der Waals surface area contributed by atoms with Gasteiger partial charge in [-0.05, 0) is 46.8 Å². The van der Waals surface area contributed by atoms with Crippen molar-refractivity contribution in [1.82, 2.24) is 4.90 Å². The van der Waals surface area contributed by atoms with Crippen LogP contribution in [0.15, 0.2) is 58.4 Å². The molecule has 0 aliphatic rings. The number of amides is 1. The summed E-state index contributed by atoms with van der Waals surface area (Å²) < 4.78 is 12.1. The van der Waals surface area contributed by atoms with Crippen LogP contribution < -0.4 is 0 Å². The van der Waals surface area contributed by atoms with E-state index in [0.29, 0.717) is 11.4 Å². The number of benzene rings is 1. The van der Waals surface area contributed by atoms with Crippen LogP contribution in [0.5, 0.6) is 0 Å². The van der Waals surface area contributed by atoms with Gasteiger partial charge in [0.2, 0.25) is 5.91 Å². The maximum atomic E-state index is 12.4. The SMILES string of the molecule is CC(C)=CCN(C(=O)/C=C\S(=O)c1ccccc1)C(C)(C)C. The molecular formula is C18H25NO2S. The monoisotopic (exact) mass is 319 g/mol. The van der Waals surface area contributed by atoms with Gasteiger partial charge in [-0.3, -0.25) is 4.79 Å². The lowest BCUT2D eigenvalue weighted by atomic mass is 10.1. The van der Waals surface area contributed by atoms with E-state index in [1.165, 1.54) is 17.1 Å². The van der Waals surface area contributed by atoms with Gasteiger partial charge in [-0.1, -0.05) is 29.8 Å². The molecule has 4 heteroatoms. The number of nitrogens with zero attached hydrogens (tertiary/aromatic N) is 1. The fourth-order valence-corrected chi connectivity index (χ4v) is 2.63. The van der Waals surface area contributed by atoms with E-state index < -0.39 is 10.8 Å². The van der Waals surface area contributed by atoms with Crippen molar-refractivity contribution in [3.63, 3.8) is 0 Å². The predicted molar refractivity (Wildman–Crippen MR) is 92.9 cm³/mol. The summed E-state index contributed by atoms with van der Waals surface area (Å²) in [6, 6.07) is 9.11. The summed E-state index contributed by atoms with van der Waals surface area (Å²) in [7, 11) is -1.30. The van der Waals surface area contributed by atoms with E-state index in [9.17, 15) is 9.00 Å². The highest BCUT2D eigenvalue weighted by molar-refractivity contribution is 7.88. The highest BCUT2D eigenvalue weighted by Crippen LogP contribution is 2.15. The zero-order valence-corrected chi connectivity index (χ0v) is 14.8. The fourth-order valence-electron chi connectivity index (χ4n) is 1.81. The first kappa shape index (κ1) is 18.4. The molecule has 0 radical (unpaired) electrons. The molecule has 0 aromatic heterocycles. The molecule has 1 aromatic carbocycles. The molecule has 1 amide bonds. The van der Waals surface area contributed by atoms with Crippen LogP contribution in [0.2, 0.25) is 0 Å². The topological polar surface area (TPSA) is 37.4 Å². The number of rotatable bonds is 5. The minimum atomic E-state index is -1.30. The van der Waals surface area contributed by atoms with Crippen molar-refractivity contribution < 1.29 is 9.00 Å². The smallest absolute Gasteiger partial charge is 0.247 e. The van der Waals surface area contributed by atoms with Crippen LogP contribution in [-0.2, 0) is 15.6 Å². The van der Waals surface area contributed by atoms with E-state index in [1.54, 1.807) is 17.0 Å². The van der Waals surface area contributed by atoms with Crippen LogP contribution in [-0.4, -0.2) is 27.1 Å². The largest absolute Gasteiger partial charge is 0.331 e. The van der Waals surface area contributed by atoms with Crippen LogP contribution in [0.3, 0.4) is 0 Å². The molecule has 22 heavy (non-hydrogen) atoms. The zero-order valence-electron chi connectivity index (χ0n) is 14.0. The number of hydrogen-bond acceptors (Lipinski definition) is 2. The molecule has 120 valence electrons. The van der Waals surface area contributed by atoms with Crippen LogP contribution in [0.25, 0.3) is 0 Å². The van der Waals surface area contributed by atoms with E-state index in [1.807, 2.05) is 58.9 Å². The first-order valence-corrected chi connectivity index (χ1v) is 8.52. The molecule has 0 heterocycles. The molecule has 3 nitrogen and oxygen atoms in total. The Morgan fingerprint density at radius 3 is 2.27 bits per heavy atom. The molecule has 1 unspecified atom stereocenters. The van der Waals surface area contributed by atoms with Crippen LogP contribution in [0, 0.1) is 0 Å². The number of carbonyl (C=O) groups excluding carboxylic acids is 1. The Morgan fingerprint density at radius 1 is 1.18 bits per heavy atom. The molecule has 0 spiro atoms. The summed E-state index contributed by atoms with van der Waals surface area (Å²) in [5.74, 6) is -0.130. The third-order valence-electron chi connectivity index (χ3n) is 3.07. The lowest BCUT2D eigenvalue weighted by molar-refractivity contribution is -0.129. The van der Waals surface area contributed by atoms with E-state index in [-0.39, 0.29) is 11.4 Å². The predicted octanol–water partition coefficient (Wildman–Crippen LogP) is 3.90. The lowest BCUT2D eigenvalue weighted by Crippen LogP contribution is -2.45. The van der Waals surface area contributed by atoms with Gasteiger partial charge in [0.1, 0.15) is 0 Å². The molecule has 1 atom stereocenters. The molecule has 0 aliphatic carbocycles. The van der Waals surface area contributed by atoms with Gasteiger partial charge in [0.25, 0.3) is 0 Å². The van der Waals surface area contributed by atoms with Crippen LogP contribution in [0.1, 0.15) is 34.6 Å². The third kappa shape index (κ3) is 5.98. The van der Waals surface area contributed by atoms with Gasteiger partial charge < -0.3 is 4.90 Å².